The van der Waals surface area contributed by atoms with Crippen LogP contribution in [0.15, 0.2) is 42.7 Å². The lowest BCUT2D eigenvalue weighted by atomic mass is 10.1. The summed E-state index contributed by atoms with van der Waals surface area (Å²) in [5.41, 5.74) is 4.75. The Hall–Kier alpha value is -2.20. The van der Waals surface area contributed by atoms with Gasteiger partial charge in [0.2, 0.25) is 0 Å². The number of rotatable bonds is 5. The van der Waals surface area contributed by atoms with Crippen molar-refractivity contribution in [2.24, 2.45) is 0 Å². The minimum Gasteiger partial charge on any atom is -0.312 e. The van der Waals surface area contributed by atoms with E-state index in [2.05, 4.69) is 44.8 Å². The molecule has 102 valence electrons. The van der Waals surface area contributed by atoms with Crippen molar-refractivity contribution < 1.29 is 0 Å². The van der Waals surface area contributed by atoms with E-state index in [4.69, 9.17) is 0 Å². The molecule has 0 radical (unpaired) electrons. The summed E-state index contributed by atoms with van der Waals surface area (Å²) >= 11 is 0. The molecular formula is C16H18N4. The molecule has 2 aromatic heterocycles. The standard InChI is InChI=1S/C16H18N4/c1-12-15(11-19-20-12)10-17-9-7-14-5-2-4-13-6-3-8-18-16(13)14/h2-6,8,11,17H,7,9-10H2,1H3,(H,19,20). The van der Waals surface area contributed by atoms with Crippen LogP contribution in [0.4, 0.5) is 0 Å². The molecule has 1 aromatic carbocycles. The molecule has 0 aliphatic carbocycles. The summed E-state index contributed by atoms with van der Waals surface area (Å²) in [6.45, 7) is 3.82. The van der Waals surface area contributed by atoms with Gasteiger partial charge in [-0.2, -0.15) is 5.10 Å². The van der Waals surface area contributed by atoms with Crippen LogP contribution in [0.1, 0.15) is 16.8 Å². The van der Waals surface area contributed by atoms with Gasteiger partial charge in [0.1, 0.15) is 0 Å². The average molecular weight is 266 g/mol. The zero-order chi connectivity index (χ0) is 13.8. The van der Waals surface area contributed by atoms with Gasteiger partial charge in [-0.25, -0.2) is 0 Å². The van der Waals surface area contributed by atoms with Crippen LogP contribution in [0.2, 0.25) is 0 Å². The van der Waals surface area contributed by atoms with Gasteiger partial charge in [0.25, 0.3) is 0 Å². The third kappa shape index (κ3) is 2.70. The van der Waals surface area contributed by atoms with Crippen molar-refractivity contribution in [3.8, 4) is 0 Å². The van der Waals surface area contributed by atoms with Gasteiger partial charge in [-0.3, -0.25) is 10.1 Å². The first-order valence-electron chi connectivity index (χ1n) is 6.87. The maximum absolute atomic E-state index is 4.48. The number of aryl methyl sites for hydroxylation is 1. The molecule has 0 fully saturated rings. The molecule has 0 aliphatic rings. The molecule has 4 heteroatoms. The van der Waals surface area contributed by atoms with E-state index in [1.807, 2.05) is 25.4 Å². The molecule has 0 bridgehead atoms. The minimum absolute atomic E-state index is 0.848. The fourth-order valence-electron chi connectivity index (χ4n) is 2.37. The van der Waals surface area contributed by atoms with E-state index in [0.29, 0.717) is 0 Å². The van der Waals surface area contributed by atoms with Crippen molar-refractivity contribution in [3.05, 3.63) is 59.5 Å². The predicted molar refractivity (Wildman–Crippen MR) is 80.5 cm³/mol. The smallest absolute Gasteiger partial charge is 0.0734 e. The van der Waals surface area contributed by atoms with Gasteiger partial charge in [-0.1, -0.05) is 24.3 Å². The Balaban J connectivity index is 1.62. The van der Waals surface area contributed by atoms with Crippen LogP contribution in [0.3, 0.4) is 0 Å². The fraction of sp³-hybridized carbons (Fsp3) is 0.250. The molecule has 3 aromatic rings. The number of H-pyrrole nitrogens is 1. The quantitative estimate of drug-likeness (QED) is 0.698. The summed E-state index contributed by atoms with van der Waals surface area (Å²) in [6.07, 6.45) is 4.71. The molecule has 2 N–H and O–H groups in total. The summed E-state index contributed by atoms with van der Waals surface area (Å²) in [4.78, 5) is 4.48. The predicted octanol–water partition coefficient (Wildman–Crippen LogP) is 2.60. The first kappa shape index (κ1) is 12.8. The Bertz CT molecular complexity index is 697. The highest BCUT2D eigenvalue weighted by molar-refractivity contribution is 5.81. The van der Waals surface area contributed by atoms with Crippen LogP contribution in [-0.4, -0.2) is 21.7 Å². The molecule has 4 nitrogen and oxygen atoms in total. The van der Waals surface area contributed by atoms with Crippen molar-refractivity contribution in [2.45, 2.75) is 19.9 Å². The van der Waals surface area contributed by atoms with E-state index in [9.17, 15) is 0 Å². The fourth-order valence-corrected chi connectivity index (χ4v) is 2.37. The van der Waals surface area contributed by atoms with Crippen LogP contribution < -0.4 is 5.32 Å². The summed E-state index contributed by atoms with van der Waals surface area (Å²) in [5.74, 6) is 0. The third-order valence-corrected chi connectivity index (χ3v) is 3.54. The van der Waals surface area contributed by atoms with E-state index < -0.39 is 0 Å². The summed E-state index contributed by atoms with van der Waals surface area (Å²) in [7, 11) is 0. The van der Waals surface area contributed by atoms with Gasteiger partial charge in [-0.05, 0) is 31.5 Å². The summed E-state index contributed by atoms with van der Waals surface area (Å²) < 4.78 is 0. The molecule has 0 amide bonds. The normalized spacial score (nSPS) is 11.1. The maximum atomic E-state index is 4.48. The number of hydrogen-bond donors (Lipinski definition) is 2. The van der Waals surface area contributed by atoms with Crippen molar-refractivity contribution in [3.63, 3.8) is 0 Å². The van der Waals surface area contributed by atoms with Gasteiger partial charge in [0, 0.05) is 29.4 Å². The zero-order valence-electron chi connectivity index (χ0n) is 11.6. The molecule has 0 unspecified atom stereocenters. The van der Waals surface area contributed by atoms with E-state index in [-0.39, 0.29) is 0 Å². The molecule has 3 rings (SSSR count). The number of aromatic nitrogens is 3. The van der Waals surface area contributed by atoms with Gasteiger partial charge in [-0.15, -0.1) is 0 Å². The van der Waals surface area contributed by atoms with Gasteiger partial charge >= 0.3 is 0 Å². The van der Waals surface area contributed by atoms with E-state index >= 15 is 0 Å². The molecule has 0 saturated heterocycles. The number of nitrogens with one attached hydrogen (secondary N) is 2. The maximum Gasteiger partial charge on any atom is 0.0734 e. The lowest BCUT2D eigenvalue weighted by Crippen LogP contribution is -2.17. The first-order valence-corrected chi connectivity index (χ1v) is 6.87. The Morgan fingerprint density at radius 1 is 1.15 bits per heavy atom. The molecule has 0 aliphatic heterocycles. The molecular weight excluding hydrogens is 248 g/mol. The Morgan fingerprint density at radius 2 is 2.05 bits per heavy atom. The molecule has 20 heavy (non-hydrogen) atoms. The summed E-state index contributed by atoms with van der Waals surface area (Å²) in [5, 5.41) is 11.6. The average Bonchev–Trinajstić information content (AvgIpc) is 2.89. The van der Waals surface area contributed by atoms with Crippen LogP contribution in [0, 0.1) is 6.92 Å². The van der Waals surface area contributed by atoms with Crippen molar-refractivity contribution >= 4 is 10.9 Å². The third-order valence-electron chi connectivity index (χ3n) is 3.54. The second-order valence-electron chi connectivity index (χ2n) is 4.94. The number of benzene rings is 1. The van der Waals surface area contributed by atoms with Gasteiger partial charge in [0.05, 0.1) is 11.7 Å². The van der Waals surface area contributed by atoms with Gasteiger partial charge in [0.15, 0.2) is 0 Å². The van der Waals surface area contributed by atoms with E-state index in [1.165, 1.54) is 16.5 Å². The zero-order valence-corrected chi connectivity index (χ0v) is 11.6. The Labute approximate surface area is 118 Å². The lowest BCUT2D eigenvalue weighted by molar-refractivity contribution is 0.686. The van der Waals surface area contributed by atoms with E-state index in [0.717, 1.165) is 30.7 Å². The number of para-hydroxylation sites is 1. The van der Waals surface area contributed by atoms with Crippen LogP contribution >= 0.6 is 0 Å². The number of hydrogen-bond acceptors (Lipinski definition) is 3. The summed E-state index contributed by atoms with van der Waals surface area (Å²) in [6, 6.07) is 10.4. The Kier molecular flexibility index (Phi) is 3.74. The number of aromatic amines is 1. The second-order valence-corrected chi connectivity index (χ2v) is 4.94. The highest BCUT2D eigenvalue weighted by Crippen LogP contribution is 2.16. The molecule has 0 spiro atoms. The largest absolute Gasteiger partial charge is 0.312 e. The van der Waals surface area contributed by atoms with Crippen molar-refractivity contribution in [1.29, 1.82) is 0 Å². The second kappa shape index (κ2) is 5.84. The highest BCUT2D eigenvalue weighted by Gasteiger charge is 2.02. The lowest BCUT2D eigenvalue weighted by Gasteiger charge is -2.07. The van der Waals surface area contributed by atoms with Gasteiger partial charge < -0.3 is 5.32 Å². The number of pyridine rings is 1. The van der Waals surface area contributed by atoms with Crippen molar-refractivity contribution in [1.82, 2.24) is 20.5 Å². The SMILES string of the molecule is Cc1[nH]ncc1CNCCc1cccc2cccnc12. The minimum atomic E-state index is 0.848. The van der Waals surface area contributed by atoms with E-state index in [1.54, 1.807) is 0 Å². The van der Waals surface area contributed by atoms with Crippen LogP contribution in [0.25, 0.3) is 10.9 Å². The first-order chi connectivity index (χ1) is 9.84. The molecule has 2 heterocycles. The molecule has 0 saturated carbocycles. The highest BCUT2D eigenvalue weighted by atomic mass is 15.1. The number of nitrogens with zero attached hydrogens (tertiary/aromatic N) is 2. The van der Waals surface area contributed by atoms with Crippen LogP contribution in [0.5, 0.6) is 0 Å². The number of fused-ring (bicyclic) bond motifs is 1. The Morgan fingerprint density at radius 3 is 2.90 bits per heavy atom. The topological polar surface area (TPSA) is 53.6 Å². The van der Waals surface area contributed by atoms with Crippen molar-refractivity contribution in [2.75, 3.05) is 6.54 Å². The molecule has 0 atom stereocenters. The monoisotopic (exact) mass is 266 g/mol. The van der Waals surface area contributed by atoms with Crippen LogP contribution in [-0.2, 0) is 13.0 Å².